The van der Waals surface area contributed by atoms with E-state index in [9.17, 15) is 22.4 Å². The van der Waals surface area contributed by atoms with Crippen molar-refractivity contribution in [1.82, 2.24) is 25.0 Å². The molecule has 0 unspecified atom stereocenters. The van der Waals surface area contributed by atoms with Crippen LogP contribution in [0.1, 0.15) is 31.5 Å². The Bertz CT molecular complexity index is 1380. The molecule has 5 rings (SSSR count). The largest absolute Gasteiger partial charge is 0.573 e. The maximum Gasteiger partial charge on any atom is 0.573 e. The zero-order valence-electron chi connectivity index (χ0n) is 20.7. The zero-order valence-corrected chi connectivity index (χ0v) is 20.7. The first-order valence-corrected chi connectivity index (χ1v) is 11.9. The van der Waals surface area contributed by atoms with E-state index >= 15 is 0 Å². The van der Waals surface area contributed by atoms with Gasteiger partial charge in [0.25, 0.3) is 0 Å². The second-order valence-electron chi connectivity index (χ2n) is 9.84. The second-order valence-corrected chi connectivity index (χ2v) is 9.84. The average Bonchev–Trinajstić information content (AvgIpc) is 3.46. The van der Waals surface area contributed by atoms with Gasteiger partial charge in [0, 0.05) is 30.3 Å². The lowest BCUT2D eigenvalue weighted by Gasteiger charge is -2.35. The van der Waals surface area contributed by atoms with Gasteiger partial charge >= 0.3 is 12.4 Å². The summed E-state index contributed by atoms with van der Waals surface area (Å²) >= 11 is 0. The van der Waals surface area contributed by atoms with E-state index in [0.29, 0.717) is 43.1 Å². The van der Waals surface area contributed by atoms with Crippen LogP contribution in [0.3, 0.4) is 0 Å². The predicted octanol–water partition coefficient (Wildman–Crippen LogP) is 4.14. The van der Waals surface area contributed by atoms with Crippen molar-refractivity contribution in [3.05, 3.63) is 59.7 Å². The number of nitrogens with two attached hydrogens (primary N) is 1. The van der Waals surface area contributed by atoms with Gasteiger partial charge in [-0.25, -0.2) is 14.2 Å². The molecule has 0 aliphatic carbocycles. The van der Waals surface area contributed by atoms with Gasteiger partial charge in [0.1, 0.15) is 11.4 Å². The Morgan fingerprint density at radius 3 is 2.71 bits per heavy atom. The lowest BCUT2D eigenvalue weighted by Crippen LogP contribution is -2.49. The summed E-state index contributed by atoms with van der Waals surface area (Å²) in [7, 11) is 0. The molecule has 0 saturated carbocycles. The first-order valence-electron chi connectivity index (χ1n) is 11.9. The van der Waals surface area contributed by atoms with Crippen molar-refractivity contribution in [2.45, 2.75) is 44.3 Å². The number of urea groups is 1. The fraction of sp³-hybridized carbons (Fsp3) is 0.400. The summed E-state index contributed by atoms with van der Waals surface area (Å²) in [6.07, 6.45) is -3.12. The summed E-state index contributed by atoms with van der Waals surface area (Å²) in [5, 5.41) is 7.45. The molecule has 1 fully saturated rings. The van der Waals surface area contributed by atoms with E-state index in [4.69, 9.17) is 10.5 Å². The number of alkyl halides is 3. The highest BCUT2D eigenvalue weighted by atomic mass is 19.4. The Hall–Kier alpha value is -3.87. The van der Waals surface area contributed by atoms with E-state index in [0.717, 1.165) is 6.07 Å². The number of carbonyl (C=O) groups excluding carboxylic acids is 1. The Balaban J connectivity index is 1.37. The number of benzene rings is 1. The van der Waals surface area contributed by atoms with Crippen molar-refractivity contribution in [2.75, 3.05) is 25.4 Å². The smallest absolute Gasteiger partial charge is 0.402 e. The van der Waals surface area contributed by atoms with Crippen LogP contribution in [-0.4, -0.2) is 51.8 Å². The van der Waals surface area contributed by atoms with Crippen LogP contribution in [0.5, 0.6) is 5.75 Å². The molecule has 1 spiro atoms. The van der Waals surface area contributed by atoms with Gasteiger partial charge in [0.15, 0.2) is 11.6 Å². The molecule has 38 heavy (non-hydrogen) atoms. The van der Waals surface area contributed by atoms with Gasteiger partial charge < -0.3 is 25.4 Å². The normalized spacial score (nSPS) is 19.5. The minimum absolute atomic E-state index is 0.222. The summed E-state index contributed by atoms with van der Waals surface area (Å²) in [5.74, 6) is -1.43. The molecular weight excluding hydrogens is 508 g/mol. The van der Waals surface area contributed by atoms with Gasteiger partial charge in [0.2, 0.25) is 0 Å². The van der Waals surface area contributed by atoms with Gasteiger partial charge in [-0.1, -0.05) is 18.2 Å². The molecule has 202 valence electrons. The van der Waals surface area contributed by atoms with Crippen molar-refractivity contribution in [3.8, 4) is 17.0 Å². The van der Waals surface area contributed by atoms with Crippen molar-refractivity contribution >= 4 is 11.8 Å². The molecule has 1 saturated heterocycles. The Morgan fingerprint density at radius 1 is 1.21 bits per heavy atom. The van der Waals surface area contributed by atoms with E-state index in [2.05, 4.69) is 20.1 Å². The quantitative estimate of drug-likeness (QED) is 0.488. The molecule has 3 N–H and O–H groups in total. The fourth-order valence-corrected chi connectivity index (χ4v) is 4.96. The van der Waals surface area contributed by atoms with E-state index in [1.54, 1.807) is 47.7 Å². The number of nitrogens with zero attached hydrogens (tertiary/aromatic N) is 4. The van der Waals surface area contributed by atoms with E-state index in [1.165, 1.54) is 12.3 Å². The van der Waals surface area contributed by atoms with Crippen LogP contribution in [-0.2, 0) is 22.4 Å². The average molecular weight is 535 g/mol. The first kappa shape index (κ1) is 25.8. The number of fused-ring (bicyclic) bond motifs is 2. The Morgan fingerprint density at radius 2 is 1.97 bits per heavy atom. The third-order valence-corrected chi connectivity index (χ3v) is 6.82. The van der Waals surface area contributed by atoms with Crippen LogP contribution in [0.4, 0.5) is 28.2 Å². The highest BCUT2D eigenvalue weighted by molar-refractivity contribution is 5.76. The SMILES string of the molecule is CC(C)(NC(=O)N1CC[C@]2(C1)OCCn1nc(-c3cnc(N)c(OC(F)(F)F)c3)cc12)c1ccccc1F. The number of hydrogen-bond acceptors (Lipinski definition) is 6. The monoisotopic (exact) mass is 534 g/mol. The lowest BCUT2D eigenvalue weighted by atomic mass is 9.94. The number of halogens is 4. The van der Waals surface area contributed by atoms with E-state index in [1.807, 2.05) is 0 Å². The number of nitrogen functional groups attached to an aromatic ring is 1. The molecule has 2 amide bonds. The van der Waals surface area contributed by atoms with E-state index < -0.39 is 34.9 Å². The van der Waals surface area contributed by atoms with Crippen molar-refractivity contribution in [1.29, 1.82) is 0 Å². The number of aromatic nitrogens is 3. The number of ether oxygens (including phenoxy) is 2. The van der Waals surface area contributed by atoms with Crippen molar-refractivity contribution < 1.29 is 31.8 Å². The third kappa shape index (κ3) is 4.85. The molecular formula is C25H26F4N6O3. The molecule has 0 bridgehead atoms. The Kier molecular flexibility index (Phi) is 6.21. The van der Waals surface area contributed by atoms with Crippen LogP contribution in [0, 0.1) is 5.82 Å². The van der Waals surface area contributed by atoms with Gasteiger partial charge in [-0.2, -0.15) is 5.10 Å². The molecule has 2 aliphatic rings. The summed E-state index contributed by atoms with van der Waals surface area (Å²) in [5.41, 5.74) is 5.46. The Labute approximate surface area is 215 Å². The summed E-state index contributed by atoms with van der Waals surface area (Å²) in [6.45, 7) is 4.83. The van der Waals surface area contributed by atoms with Crippen molar-refractivity contribution in [3.63, 3.8) is 0 Å². The number of rotatable bonds is 4. The second kappa shape index (κ2) is 9.15. The van der Waals surface area contributed by atoms with Crippen molar-refractivity contribution in [2.24, 2.45) is 0 Å². The van der Waals surface area contributed by atoms with E-state index in [-0.39, 0.29) is 18.1 Å². The lowest BCUT2D eigenvalue weighted by molar-refractivity contribution is -0.274. The van der Waals surface area contributed by atoms with Crippen LogP contribution in [0.2, 0.25) is 0 Å². The van der Waals surface area contributed by atoms with Crippen LogP contribution in [0.25, 0.3) is 11.3 Å². The van der Waals surface area contributed by atoms with Gasteiger partial charge in [-0.05, 0) is 32.0 Å². The van der Waals surface area contributed by atoms with Crippen LogP contribution < -0.4 is 15.8 Å². The maximum absolute atomic E-state index is 14.4. The number of nitrogens with one attached hydrogen (secondary N) is 1. The minimum atomic E-state index is -4.92. The molecule has 2 aliphatic heterocycles. The molecule has 3 aromatic rings. The molecule has 13 heteroatoms. The summed E-state index contributed by atoms with van der Waals surface area (Å²) in [6, 6.07) is 8.75. The number of carbonyl (C=O) groups is 1. The molecule has 1 atom stereocenters. The summed E-state index contributed by atoms with van der Waals surface area (Å²) in [4.78, 5) is 18.6. The minimum Gasteiger partial charge on any atom is -0.402 e. The molecule has 4 heterocycles. The van der Waals surface area contributed by atoms with Gasteiger partial charge in [-0.15, -0.1) is 13.2 Å². The maximum atomic E-state index is 14.4. The highest BCUT2D eigenvalue weighted by Crippen LogP contribution is 2.41. The molecule has 1 aromatic carbocycles. The summed E-state index contributed by atoms with van der Waals surface area (Å²) < 4.78 is 64.5. The zero-order chi connectivity index (χ0) is 27.3. The van der Waals surface area contributed by atoms with Crippen LogP contribution >= 0.6 is 0 Å². The van der Waals surface area contributed by atoms with Gasteiger partial charge in [-0.3, -0.25) is 4.68 Å². The number of pyridine rings is 1. The topological polar surface area (TPSA) is 108 Å². The first-order chi connectivity index (χ1) is 17.9. The predicted molar refractivity (Wildman–Crippen MR) is 128 cm³/mol. The number of likely N-dealkylation sites (tertiary alicyclic amines) is 1. The standard InChI is InChI=1S/C25H26F4N6O3/c1-23(2,16-5-3-4-6-17(16)26)32-22(36)34-8-7-24(14-34)20-12-18(33-35(20)9-10-37-24)15-11-19(21(30)31-13-15)38-25(27,28)29/h3-6,11-13H,7-10,14H2,1-2H3,(H2,30,31)(H,32,36)/t24-/m1/s1. The molecule has 2 aromatic heterocycles. The number of amides is 2. The third-order valence-electron chi connectivity index (χ3n) is 6.82. The number of anilines is 1. The highest BCUT2D eigenvalue weighted by Gasteiger charge is 2.47. The fourth-order valence-electron chi connectivity index (χ4n) is 4.96. The van der Waals surface area contributed by atoms with Gasteiger partial charge in [0.05, 0.1) is 36.6 Å². The van der Waals surface area contributed by atoms with Crippen LogP contribution in [0.15, 0.2) is 42.6 Å². The molecule has 0 radical (unpaired) electrons. The molecule has 9 nitrogen and oxygen atoms in total. The number of hydrogen-bond donors (Lipinski definition) is 2.